The molecule has 106 valence electrons. The maximum atomic E-state index is 12.8. The topological polar surface area (TPSA) is 42.0 Å². The van der Waals surface area contributed by atoms with Crippen LogP contribution in [0.1, 0.15) is 15.9 Å². The van der Waals surface area contributed by atoms with E-state index >= 15 is 0 Å². The van der Waals surface area contributed by atoms with Crippen LogP contribution in [-0.4, -0.2) is 10.9 Å². The molecular formula is C15H10ClFN2OS. The molecule has 0 saturated heterocycles. The third-order valence-electron chi connectivity index (χ3n) is 3.02. The Bertz CT molecular complexity index is 791. The van der Waals surface area contributed by atoms with Gasteiger partial charge >= 0.3 is 0 Å². The number of aryl methyl sites for hydroxylation is 1. The van der Waals surface area contributed by atoms with Gasteiger partial charge in [0.15, 0.2) is 5.13 Å². The van der Waals surface area contributed by atoms with E-state index in [9.17, 15) is 9.18 Å². The monoisotopic (exact) mass is 320 g/mol. The first-order valence-electron chi connectivity index (χ1n) is 6.17. The van der Waals surface area contributed by atoms with Gasteiger partial charge in [-0.25, -0.2) is 9.37 Å². The van der Waals surface area contributed by atoms with Crippen molar-refractivity contribution in [3.05, 3.63) is 58.4 Å². The van der Waals surface area contributed by atoms with Crippen molar-refractivity contribution in [2.75, 3.05) is 5.32 Å². The maximum Gasteiger partial charge on any atom is 0.257 e. The smallest absolute Gasteiger partial charge is 0.257 e. The molecule has 1 amide bonds. The van der Waals surface area contributed by atoms with E-state index < -0.39 is 0 Å². The van der Waals surface area contributed by atoms with Crippen molar-refractivity contribution in [3.63, 3.8) is 0 Å². The first-order chi connectivity index (χ1) is 10.0. The largest absolute Gasteiger partial charge is 0.298 e. The van der Waals surface area contributed by atoms with Crippen molar-refractivity contribution in [2.45, 2.75) is 6.92 Å². The number of aromatic nitrogens is 1. The van der Waals surface area contributed by atoms with E-state index in [1.807, 2.05) is 19.1 Å². The first kappa shape index (κ1) is 14.0. The summed E-state index contributed by atoms with van der Waals surface area (Å²) in [5, 5.41) is 3.78. The number of rotatable bonds is 2. The summed E-state index contributed by atoms with van der Waals surface area (Å²) in [4.78, 5) is 16.5. The van der Waals surface area contributed by atoms with E-state index in [4.69, 9.17) is 11.6 Å². The van der Waals surface area contributed by atoms with Gasteiger partial charge in [0, 0.05) is 5.56 Å². The molecular weight excluding hydrogens is 311 g/mol. The van der Waals surface area contributed by atoms with Crippen molar-refractivity contribution in [1.82, 2.24) is 4.98 Å². The van der Waals surface area contributed by atoms with Crippen LogP contribution in [0.4, 0.5) is 9.52 Å². The van der Waals surface area contributed by atoms with Gasteiger partial charge in [-0.2, -0.15) is 0 Å². The van der Waals surface area contributed by atoms with Crippen LogP contribution < -0.4 is 5.32 Å². The summed E-state index contributed by atoms with van der Waals surface area (Å²) >= 11 is 7.44. The Kier molecular flexibility index (Phi) is 3.61. The molecule has 3 aromatic rings. The number of hydrogen-bond donors (Lipinski definition) is 1. The average Bonchev–Trinajstić information content (AvgIpc) is 2.89. The molecule has 0 bridgehead atoms. The lowest BCUT2D eigenvalue weighted by atomic mass is 10.2. The minimum atomic E-state index is -0.381. The van der Waals surface area contributed by atoms with E-state index in [1.54, 1.807) is 0 Å². The van der Waals surface area contributed by atoms with Crippen LogP contribution in [-0.2, 0) is 0 Å². The molecule has 21 heavy (non-hydrogen) atoms. The number of anilines is 1. The summed E-state index contributed by atoms with van der Waals surface area (Å²) in [6.45, 7) is 1.93. The third-order valence-corrected chi connectivity index (χ3v) is 4.46. The summed E-state index contributed by atoms with van der Waals surface area (Å²) in [6, 6.07) is 9.04. The van der Waals surface area contributed by atoms with Gasteiger partial charge in [0.2, 0.25) is 0 Å². The van der Waals surface area contributed by atoms with E-state index in [1.165, 1.54) is 35.6 Å². The number of carbonyl (C=O) groups is 1. The van der Waals surface area contributed by atoms with Gasteiger partial charge in [0.05, 0.1) is 15.2 Å². The molecule has 0 spiro atoms. The molecule has 0 atom stereocenters. The lowest BCUT2D eigenvalue weighted by Gasteiger charge is -2.00. The fraction of sp³-hybridized carbons (Fsp3) is 0.0667. The van der Waals surface area contributed by atoms with Crippen LogP contribution in [0.3, 0.4) is 0 Å². The minimum absolute atomic E-state index is 0.331. The number of benzene rings is 2. The van der Waals surface area contributed by atoms with Gasteiger partial charge < -0.3 is 0 Å². The zero-order chi connectivity index (χ0) is 15.0. The number of carbonyl (C=O) groups excluding carboxylic acids is 1. The number of nitrogens with one attached hydrogen (secondary N) is 1. The zero-order valence-electron chi connectivity index (χ0n) is 11.0. The number of hydrogen-bond acceptors (Lipinski definition) is 3. The first-order valence-corrected chi connectivity index (χ1v) is 7.36. The lowest BCUT2D eigenvalue weighted by molar-refractivity contribution is 0.102. The summed E-state index contributed by atoms with van der Waals surface area (Å²) in [7, 11) is 0. The van der Waals surface area contributed by atoms with Crippen LogP contribution in [0.5, 0.6) is 0 Å². The van der Waals surface area contributed by atoms with Gasteiger partial charge in [-0.15, -0.1) is 0 Å². The summed E-state index contributed by atoms with van der Waals surface area (Å²) in [5.74, 6) is -0.711. The fourth-order valence-corrected chi connectivity index (χ4v) is 3.14. The second-order valence-electron chi connectivity index (χ2n) is 4.52. The molecule has 3 rings (SSSR count). The summed E-state index contributed by atoms with van der Waals surface area (Å²) in [5.41, 5.74) is 2.15. The molecule has 0 saturated carbocycles. The summed E-state index contributed by atoms with van der Waals surface area (Å²) in [6.07, 6.45) is 0. The Labute approximate surface area is 129 Å². The highest BCUT2D eigenvalue weighted by Gasteiger charge is 2.12. The molecule has 1 aromatic heterocycles. The highest BCUT2D eigenvalue weighted by Crippen LogP contribution is 2.33. The van der Waals surface area contributed by atoms with Crippen LogP contribution >= 0.6 is 22.9 Å². The van der Waals surface area contributed by atoms with Gasteiger partial charge in [0.1, 0.15) is 5.82 Å². The van der Waals surface area contributed by atoms with E-state index in [0.29, 0.717) is 15.7 Å². The Balaban J connectivity index is 1.91. The molecule has 6 heteroatoms. The van der Waals surface area contributed by atoms with Gasteiger partial charge in [0.25, 0.3) is 5.91 Å². The van der Waals surface area contributed by atoms with E-state index in [-0.39, 0.29) is 11.7 Å². The Morgan fingerprint density at radius 3 is 2.62 bits per heavy atom. The second kappa shape index (κ2) is 5.42. The zero-order valence-corrected chi connectivity index (χ0v) is 12.6. The van der Waals surface area contributed by atoms with Crippen LogP contribution in [0.25, 0.3) is 10.2 Å². The highest BCUT2D eigenvalue weighted by atomic mass is 35.5. The molecule has 1 N–H and O–H groups in total. The number of fused-ring (bicyclic) bond motifs is 1. The molecule has 1 heterocycles. The van der Waals surface area contributed by atoms with Crippen molar-refractivity contribution >= 4 is 44.2 Å². The van der Waals surface area contributed by atoms with Crippen molar-refractivity contribution in [3.8, 4) is 0 Å². The SMILES string of the molecule is Cc1ccc(Cl)c2sc(NC(=O)c3ccc(F)cc3)nc12. The maximum absolute atomic E-state index is 12.8. The Hall–Kier alpha value is -1.98. The minimum Gasteiger partial charge on any atom is -0.298 e. The third kappa shape index (κ3) is 2.75. The van der Waals surface area contributed by atoms with Crippen LogP contribution in [0.15, 0.2) is 36.4 Å². The van der Waals surface area contributed by atoms with E-state index in [2.05, 4.69) is 10.3 Å². The van der Waals surface area contributed by atoms with Crippen molar-refractivity contribution < 1.29 is 9.18 Å². The molecule has 0 fully saturated rings. The molecule has 0 aliphatic heterocycles. The van der Waals surface area contributed by atoms with Gasteiger partial charge in [-0.3, -0.25) is 10.1 Å². The second-order valence-corrected chi connectivity index (χ2v) is 5.93. The Morgan fingerprint density at radius 2 is 1.95 bits per heavy atom. The molecule has 0 aliphatic carbocycles. The number of halogens is 2. The van der Waals surface area contributed by atoms with Gasteiger partial charge in [-0.05, 0) is 42.8 Å². The quantitative estimate of drug-likeness (QED) is 0.746. The van der Waals surface area contributed by atoms with Crippen molar-refractivity contribution in [2.24, 2.45) is 0 Å². The molecule has 0 unspecified atom stereocenters. The average molecular weight is 321 g/mol. The predicted molar refractivity (Wildman–Crippen MR) is 83.7 cm³/mol. The highest BCUT2D eigenvalue weighted by molar-refractivity contribution is 7.23. The number of amides is 1. The molecule has 2 aromatic carbocycles. The normalized spacial score (nSPS) is 10.8. The van der Waals surface area contributed by atoms with Crippen LogP contribution in [0, 0.1) is 12.7 Å². The fourth-order valence-electron chi connectivity index (χ4n) is 1.93. The number of nitrogens with zero attached hydrogens (tertiary/aromatic N) is 1. The molecule has 3 nitrogen and oxygen atoms in total. The number of thiazole rings is 1. The van der Waals surface area contributed by atoms with E-state index in [0.717, 1.165) is 15.8 Å². The molecule has 0 aliphatic rings. The lowest BCUT2D eigenvalue weighted by Crippen LogP contribution is -2.11. The van der Waals surface area contributed by atoms with Crippen molar-refractivity contribution in [1.29, 1.82) is 0 Å². The summed E-state index contributed by atoms with van der Waals surface area (Å²) < 4.78 is 13.7. The predicted octanol–water partition coefficient (Wildman–Crippen LogP) is 4.65. The standard InChI is InChI=1S/C15H10ClFN2OS/c1-8-2-7-11(16)13-12(8)18-15(21-13)19-14(20)9-3-5-10(17)6-4-9/h2-7H,1H3,(H,18,19,20). The Morgan fingerprint density at radius 1 is 1.24 bits per heavy atom. The van der Waals surface area contributed by atoms with Gasteiger partial charge in [-0.1, -0.05) is 29.0 Å². The molecule has 0 radical (unpaired) electrons. The van der Waals surface area contributed by atoms with Crippen LogP contribution in [0.2, 0.25) is 5.02 Å².